The first kappa shape index (κ1) is 15.4. The van der Waals surface area contributed by atoms with E-state index in [1.54, 1.807) is 0 Å². The van der Waals surface area contributed by atoms with Gasteiger partial charge in [0.1, 0.15) is 6.54 Å². The third-order valence-electron chi connectivity index (χ3n) is 3.14. The van der Waals surface area contributed by atoms with E-state index in [2.05, 4.69) is 20.5 Å². The van der Waals surface area contributed by atoms with Crippen LogP contribution in [0.3, 0.4) is 0 Å². The van der Waals surface area contributed by atoms with Crippen LogP contribution >= 0.6 is 0 Å². The normalized spacial score (nSPS) is 15.8. The molecule has 0 bridgehead atoms. The number of nitrogens with zero attached hydrogens (tertiary/aromatic N) is 4. The van der Waals surface area contributed by atoms with Crippen molar-refractivity contribution in [3.8, 4) is 0 Å². The third kappa shape index (κ3) is 5.12. The van der Waals surface area contributed by atoms with Gasteiger partial charge in [0.25, 0.3) is 0 Å². The van der Waals surface area contributed by atoms with Gasteiger partial charge >= 0.3 is 5.97 Å². The zero-order valence-corrected chi connectivity index (χ0v) is 11.7. The van der Waals surface area contributed by atoms with Crippen LogP contribution < -0.4 is 5.32 Å². The molecule has 0 saturated carbocycles. The van der Waals surface area contributed by atoms with E-state index in [0.29, 0.717) is 6.54 Å². The monoisotopic (exact) mass is 297 g/mol. The molecular weight excluding hydrogens is 278 g/mol. The van der Waals surface area contributed by atoms with Gasteiger partial charge in [0, 0.05) is 19.6 Å². The van der Waals surface area contributed by atoms with Crippen molar-refractivity contribution in [3.05, 3.63) is 11.9 Å². The number of aromatic nitrogens is 3. The van der Waals surface area contributed by atoms with Gasteiger partial charge in [0.05, 0.1) is 19.4 Å². The SMILES string of the molecule is O=C(Cn1cc(C(=O)O)nn1)NCCCN1CCOCC1. The van der Waals surface area contributed by atoms with Gasteiger partial charge in [-0.1, -0.05) is 5.21 Å². The molecule has 0 spiro atoms. The first-order valence-electron chi connectivity index (χ1n) is 6.85. The number of carboxylic acid groups (broad SMARTS) is 1. The van der Waals surface area contributed by atoms with Crippen molar-refractivity contribution in [2.75, 3.05) is 39.4 Å². The molecule has 1 aliphatic rings. The summed E-state index contributed by atoms with van der Waals surface area (Å²) in [5.74, 6) is -1.37. The Kier molecular flexibility index (Phi) is 5.64. The molecule has 9 heteroatoms. The molecule has 1 aliphatic heterocycles. The van der Waals surface area contributed by atoms with E-state index in [1.165, 1.54) is 10.9 Å². The Balaban J connectivity index is 1.61. The van der Waals surface area contributed by atoms with E-state index in [1.807, 2.05) is 0 Å². The van der Waals surface area contributed by atoms with Gasteiger partial charge in [-0.25, -0.2) is 9.48 Å². The predicted octanol–water partition coefficient (Wildman–Crippen LogP) is -1.19. The van der Waals surface area contributed by atoms with Crippen molar-refractivity contribution in [3.63, 3.8) is 0 Å². The predicted molar refractivity (Wildman–Crippen MR) is 71.9 cm³/mol. The second-order valence-electron chi connectivity index (χ2n) is 4.76. The molecule has 9 nitrogen and oxygen atoms in total. The van der Waals surface area contributed by atoms with E-state index in [4.69, 9.17) is 9.84 Å². The maximum atomic E-state index is 11.7. The molecule has 0 radical (unpaired) electrons. The van der Waals surface area contributed by atoms with Crippen molar-refractivity contribution in [2.45, 2.75) is 13.0 Å². The summed E-state index contributed by atoms with van der Waals surface area (Å²) in [5, 5.41) is 18.5. The van der Waals surface area contributed by atoms with Crippen molar-refractivity contribution >= 4 is 11.9 Å². The summed E-state index contributed by atoms with van der Waals surface area (Å²) in [5.41, 5.74) is -0.171. The topological polar surface area (TPSA) is 110 Å². The molecule has 116 valence electrons. The molecule has 1 aromatic heterocycles. The standard InChI is InChI=1S/C12H19N5O4/c18-11(9-17-8-10(12(19)20)14-15-17)13-2-1-3-16-4-6-21-7-5-16/h8H,1-7,9H2,(H,13,18)(H,19,20). The lowest BCUT2D eigenvalue weighted by Crippen LogP contribution is -2.38. The van der Waals surface area contributed by atoms with Gasteiger partial charge in [-0.05, 0) is 13.0 Å². The minimum atomic E-state index is -1.16. The highest BCUT2D eigenvalue weighted by atomic mass is 16.5. The van der Waals surface area contributed by atoms with Gasteiger partial charge in [-0.2, -0.15) is 0 Å². The fourth-order valence-corrected chi connectivity index (χ4v) is 2.03. The second-order valence-corrected chi connectivity index (χ2v) is 4.76. The molecule has 1 amide bonds. The average molecular weight is 297 g/mol. The Bertz CT molecular complexity index is 484. The van der Waals surface area contributed by atoms with Gasteiger partial charge in [-0.3, -0.25) is 9.69 Å². The van der Waals surface area contributed by atoms with E-state index < -0.39 is 5.97 Å². The first-order chi connectivity index (χ1) is 10.1. The molecule has 2 heterocycles. The Labute approximate surface area is 121 Å². The van der Waals surface area contributed by atoms with Gasteiger partial charge in [-0.15, -0.1) is 5.10 Å². The summed E-state index contributed by atoms with van der Waals surface area (Å²) in [6, 6.07) is 0. The molecule has 1 saturated heterocycles. The summed E-state index contributed by atoms with van der Waals surface area (Å²) in [7, 11) is 0. The smallest absolute Gasteiger partial charge is 0.358 e. The lowest BCUT2D eigenvalue weighted by molar-refractivity contribution is -0.121. The highest BCUT2D eigenvalue weighted by Gasteiger charge is 2.11. The van der Waals surface area contributed by atoms with Crippen LogP contribution in [0.1, 0.15) is 16.9 Å². The van der Waals surface area contributed by atoms with Crippen molar-refractivity contribution in [2.24, 2.45) is 0 Å². The Morgan fingerprint density at radius 1 is 1.38 bits per heavy atom. The molecule has 0 aliphatic carbocycles. The summed E-state index contributed by atoms with van der Waals surface area (Å²) in [6.07, 6.45) is 2.10. The zero-order valence-electron chi connectivity index (χ0n) is 11.7. The molecule has 21 heavy (non-hydrogen) atoms. The van der Waals surface area contributed by atoms with Gasteiger partial charge in [0.2, 0.25) is 5.91 Å². The van der Waals surface area contributed by atoms with Crippen LogP contribution in [-0.4, -0.2) is 76.3 Å². The Hall–Kier alpha value is -2.00. The van der Waals surface area contributed by atoms with Crippen LogP contribution in [-0.2, 0) is 16.1 Å². The molecule has 0 aromatic carbocycles. The Morgan fingerprint density at radius 3 is 2.81 bits per heavy atom. The van der Waals surface area contributed by atoms with E-state index in [0.717, 1.165) is 39.3 Å². The molecule has 2 N–H and O–H groups in total. The van der Waals surface area contributed by atoms with Crippen LogP contribution in [0.4, 0.5) is 0 Å². The number of morpholine rings is 1. The third-order valence-corrected chi connectivity index (χ3v) is 3.14. The number of hydrogen-bond donors (Lipinski definition) is 2. The number of carbonyl (C=O) groups is 2. The fourth-order valence-electron chi connectivity index (χ4n) is 2.03. The van der Waals surface area contributed by atoms with Crippen LogP contribution in [0.2, 0.25) is 0 Å². The van der Waals surface area contributed by atoms with Crippen LogP contribution in [0.25, 0.3) is 0 Å². The number of aromatic carboxylic acids is 1. The lowest BCUT2D eigenvalue weighted by Gasteiger charge is -2.26. The highest BCUT2D eigenvalue weighted by molar-refractivity contribution is 5.84. The molecule has 0 unspecified atom stereocenters. The van der Waals surface area contributed by atoms with E-state index in [-0.39, 0.29) is 18.1 Å². The van der Waals surface area contributed by atoms with E-state index in [9.17, 15) is 9.59 Å². The molecule has 1 aromatic rings. The Morgan fingerprint density at radius 2 is 2.14 bits per heavy atom. The van der Waals surface area contributed by atoms with Crippen molar-refractivity contribution in [1.29, 1.82) is 0 Å². The first-order valence-corrected chi connectivity index (χ1v) is 6.85. The van der Waals surface area contributed by atoms with Gasteiger partial charge < -0.3 is 15.2 Å². The lowest BCUT2D eigenvalue weighted by atomic mass is 10.3. The number of carbonyl (C=O) groups excluding carboxylic acids is 1. The average Bonchev–Trinajstić information content (AvgIpc) is 2.93. The summed E-state index contributed by atoms with van der Waals surface area (Å²) < 4.78 is 6.47. The largest absolute Gasteiger partial charge is 0.476 e. The molecule has 1 fully saturated rings. The number of carboxylic acids is 1. The number of amides is 1. The summed E-state index contributed by atoms with van der Waals surface area (Å²) in [4.78, 5) is 24.6. The summed E-state index contributed by atoms with van der Waals surface area (Å²) in [6.45, 7) is 4.88. The minimum Gasteiger partial charge on any atom is -0.476 e. The van der Waals surface area contributed by atoms with E-state index >= 15 is 0 Å². The van der Waals surface area contributed by atoms with Crippen LogP contribution in [0, 0.1) is 0 Å². The van der Waals surface area contributed by atoms with Crippen LogP contribution in [0.5, 0.6) is 0 Å². The van der Waals surface area contributed by atoms with Crippen molar-refractivity contribution < 1.29 is 19.4 Å². The molecule has 0 atom stereocenters. The minimum absolute atomic E-state index is 0.0299. The quantitative estimate of drug-likeness (QED) is 0.609. The number of nitrogens with one attached hydrogen (secondary N) is 1. The number of ether oxygens (including phenoxy) is 1. The molecular formula is C12H19N5O4. The van der Waals surface area contributed by atoms with Crippen LogP contribution in [0.15, 0.2) is 6.20 Å². The summed E-state index contributed by atoms with van der Waals surface area (Å²) >= 11 is 0. The van der Waals surface area contributed by atoms with Crippen molar-refractivity contribution in [1.82, 2.24) is 25.2 Å². The second kappa shape index (κ2) is 7.70. The highest BCUT2D eigenvalue weighted by Crippen LogP contribution is 1.97. The fraction of sp³-hybridized carbons (Fsp3) is 0.667. The number of rotatable bonds is 7. The molecule has 2 rings (SSSR count). The number of hydrogen-bond acceptors (Lipinski definition) is 6. The zero-order chi connectivity index (χ0) is 15.1. The maximum absolute atomic E-state index is 11.7. The maximum Gasteiger partial charge on any atom is 0.358 e. The van der Waals surface area contributed by atoms with Gasteiger partial charge in [0.15, 0.2) is 5.69 Å².